The molecule has 28 heavy (non-hydrogen) atoms. The minimum Gasteiger partial charge on any atom is -0.383 e. The first-order valence-electron chi connectivity index (χ1n) is 8.72. The van der Waals surface area contributed by atoms with E-state index in [0.29, 0.717) is 13.0 Å². The number of aryl methyl sites for hydroxylation is 1. The Morgan fingerprint density at radius 1 is 1.32 bits per heavy atom. The highest BCUT2D eigenvalue weighted by molar-refractivity contribution is 7.89. The molecule has 0 radical (unpaired) electrons. The van der Waals surface area contributed by atoms with Crippen molar-refractivity contribution in [3.05, 3.63) is 29.6 Å². The van der Waals surface area contributed by atoms with Crippen molar-refractivity contribution >= 4 is 21.8 Å². The van der Waals surface area contributed by atoms with Gasteiger partial charge in [0.2, 0.25) is 10.0 Å². The molecule has 1 aromatic carbocycles. The summed E-state index contributed by atoms with van der Waals surface area (Å²) in [6.07, 6.45) is -0.500. The minimum absolute atomic E-state index is 0.0342. The van der Waals surface area contributed by atoms with Gasteiger partial charge in [0.25, 0.3) is 0 Å². The number of sulfonamides is 1. The van der Waals surface area contributed by atoms with E-state index in [1.54, 1.807) is 0 Å². The molecular weight excluding hydrogens is 393 g/mol. The van der Waals surface area contributed by atoms with Crippen LogP contribution in [0.5, 0.6) is 0 Å². The summed E-state index contributed by atoms with van der Waals surface area (Å²) >= 11 is 0. The van der Waals surface area contributed by atoms with E-state index in [2.05, 4.69) is 10.6 Å². The van der Waals surface area contributed by atoms with Gasteiger partial charge in [0.1, 0.15) is 12.0 Å². The standard InChI is InChI=1S/C17H24FN3O6S/c1-12-10-13(18)4-5-14(12)28(24,25)21-7-3-8-27-15(21)11-20-17(23)16(22)19-6-9-26-2/h4-5,10,15H,3,6-9,11H2,1-2H3,(H,19,22)(H,20,23). The Kier molecular flexibility index (Phi) is 7.87. The maximum Gasteiger partial charge on any atom is 0.309 e. The maximum absolute atomic E-state index is 13.3. The van der Waals surface area contributed by atoms with E-state index >= 15 is 0 Å². The van der Waals surface area contributed by atoms with Gasteiger partial charge in [-0.25, -0.2) is 12.8 Å². The van der Waals surface area contributed by atoms with E-state index in [0.717, 1.165) is 16.4 Å². The van der Waals surface area contributed by atoms with E-state index < -0.39 is 33.9 Å². The summed E-state index contributed by atoms with van der Waals surface area (Å²) in [7, 11) is -2.51. The molecule has 0 aromatic heterocycles. The highest BCUT2D eigenvalue weighted by Gasteiger charge is 2.35. The summed E-state index contributed by atoms with van der Waals surface area (Å²) in [5.41, 5.74) is 0.269. The molecule has 1 aliphatic rings. The van der Waals surface area contributed by atoms with Crippen LogP contribution in [-0.2, 0) is 29.1 Å². The molecule has 1 atom stereocenters. The summed E-state index contributed by atoms with van der Waals surface area (Å²) in [5.74, 6) is -2.29. The number of ether oxygens (including phenoxy) is 2. The molecule has 0 bridgehead atoms. The normalized spacial score (nSPS) is 17.9. The number of carbonyl (C=O) groups excluding carboxylic acids is 2. The molecule has 1 aliphatic heterocycles. The van der Waals surface area contributed by atoms with Crippen molar-refractivity contribution in [2.24, 2.45) is 0 Å². The summed E-state index contributed by atoms with van der Waals surface area (Å²) in [6.45, 7) is 2.23. The topological polar surface area (TPSA) is 114 Å². The van der Waals surface area contributed by atoms with Gasteiger partial charge < -0.3 is 20.1 Å². The number of carbonyl (C=O) groups is 2. The molecule has 0 saturated carbocycles. The lowest BCUT2D eigenvalue weighted by Crippen LogP contribution is -2.53. The Bertz CT molecular complexity index is 817. The van der Waals surface area contributed by atoms with Gasteiger partial charge in [-0.2, -0.15) is 4.31 Å². The number of hydrogen-bond acceptors (Lipinski definition) is 6. The zero-order valence-corrected chi connectivity index (χ0v) is 16.6. The van der Waals surface area contributed by atoms with E-state index in [4.69, 9.17) is 9.47 Å². The van der Waals surface area contributed by atoms with Crippen LogP contribution in [0.3, 0.4) is 0 Å². The monoisotopic (exact) mass is 417 g/mol. The number of rotatable bonds is 7. The Hall–Kier alpha value is -2.08. The Balaban J connectivity index is 2.07. The Morgan fingerprint density at radius 2 is 2.04 bits per heavy atom. The van der Waals surface area contributed by atoms with Crippen LogP contribution in [0.4, 0.5) is 4.39 Å². The highest BCUT2D eigenvalue weighted by atomic mass is 32.2. The maximum atomic E-state index is 13.3. The van der Waals surface area contributed by atoms with Gasteiger partial charge in [0, 0.05) is 20.2 Å². The Labute approximate surface area is 163 Å². The average molecular weight is 417 g/mol. The van der Waals surface area contributed by atoms with Crippen LogP contribution in [0, 0.1) is 12.7 Å². The molecule has 2 N–H and O–H groups in total. The number of halogens is 1. The number of benzene rings is 1. The van der Waals surface area contributed by atoms with Gasteiger partial charge in [0.05, 0.1) is 24.7 Å². The second kappa shape index (κ2) is 9.92. The van der Waals surface area contributed by atoms with Crippen LogP contribution in [0.2, 0.25) is 0 Å². The third-order valence-corrected chi connectivity index (χ3v) is 6.16. The van der Waals surface area contributed by atoms with Crippen molar-refractivity contribution in [2.45, 2.75) is 24.5 Å². The molecule has 1 heterocycles. The largest absolute Gasteiger partial charge is 0.383 e. The second-order valence-electron chi connectivity index (χ2n) is 6.16. The fourth-order valence-corrected chi connectivity index (χ4v) is 4.51. The van der Waals surface area contributed by atoms with Crippen LogP contribution in [-0.4, -0.2) is 70.7 Å². The summed E-state index contributed by atoms with van der Waals surface area (Å²) in [6, 6.07) is 3.41. The van der Waals surface area contributed by atoms with Crippen LogP contribution < -0.4 is 10.6 Å². The lowest BCUT2D eigenvalue weighted by molar-refractivity contribution is -0.140. The van der Waals surface area contributed by atoms with E-state index in [1.165, 1.54) is 20.1 Å². The summed E-state index contributed by atoms with van der Waals surface area (Å²) in [5, 5.41) is 4.74. The van der Waals surface area contributed by atoms with Crippen molar-refractivity contribution in [3.8, 4) is 0 Å². The predicted octanol–water partition coefficient (Wildman–Crippen LogP) is -0.250. The fraction of sp³-hybridized carbons (Fsp3) is 0.529. The third-order valence-electron chi connectivity index (χ3n) is 4.11. The first-order chi connectivity index (χ1) is 13.3. The number of hydrogen-bond donors (Lipinski definition) is 2. The number of methoxy groups -OCH3 is 1. The van der Waals surface area contributed by atoms with Gasteiger partial charge in [-0.15, -0.1) is 0 Å². The number of nitrogens with one attached hydrogen (secondary N) is 2. The minimum atomic E-state index is -3.97. The zero-order valence-electron chi connectivity index (χ0n) is 15.7. The van der Waals surface area contributed by atoms with Crippen molar-refractivity contribution in [3.63, 3.8) is 0 Å². The third kappa shape index (κ3) is 5.47. The lowest BCUT2D eigenvalue weighted by Gasteiger charge is -2.34. The SMILES string of the molecule is COCCNC(=O)C(=O)NCC1OCCCN1S(=O)(=O)c1ccc(F)cc1C. The highest BCUT2D eigenvalue weighted by Crippen LogP contribution is 2.25. The second-order valence-corrected chi connectivity index (χ2v) is 8.02. The van der Waals surface area contributed by atoms with Crippen LogP contribution in [0.15, 0.2) is 23.1 Å². The molecule has 156 valence electrons. The van der Waals surface area contributed by atoms with Gasteiger partial charge in [0.15, 0.2) is 0 Å². The molecule has 2 rings (SSSR count). The lowest BCUT2D eigenvalue weighted by atomic mass is 10.2. The van der Waals surface area contributed by atoms with Crippen molar-refractivity contribution in [1.29, 1.82) is 0 Å². The fourth-order valence-electron chi connectivity index (χ4n) is 2.74. The first kappa shape index (κ1) is 22.2. The van der Waals surface area contributed by atoms with E-state index in [-0.39, 0.29) is 36.7 Å². The first-order valence-corrected chi connectivity index (χ1v) is 10.2. The van der Waals surface area contributed by atoms with Gasteiger partial charge in [-0.3, -0.25) is 9.59 Å². The molecule has 11 heteroatoms. The molecule has 1 saturated heterocycles. The van der Waals surface area contributed by atoms with Gasteiger partial charge >= 0.3 is 11.8 Å². The van der Waals surface area contributed by atoms with Crippen LogP contribution in [0.1, 0.15) is 12.0 Å². The molecule has 0 aliphatic carbocycles. The summed E-state index contributed by atoms with van der Waals surface area (Å²) < 4.78 is 50.7. The summed E-state index contributed by atoms with van der Waals surface area (Å²) in [4.78, 5) is 23.5. The van der Waals surface area contributed by atoms with Gasteiger partial charge in [-0.05, 0) is 37.1 Å². The van der Waals surface area contributed by atoms with Crippen LogP contribution in [0.25, 0.3) is 0 Å². The van der Waals surface area contributed by atoms with Gasteiger partial charge in [-0.1, -0.05) is 0 Å². The molecule has 0 spiro atoms. The van der Waals surface area contributed by atoms with E-state index in [9.17, 15) is 22.4 Å². The Morgan fingerprint density at radius 3 is 2.71 bits per heavy atom. The predicted molar refractivity (Wildman–Crippen MR) is 97.3 cm³/mol. The number of amides is 2. The van der Waals surface area contributed by atoms with Crippen LogP contribution >= 0.6 is 0 Å². The average Bonchev–Trinajstić information content (AvgIpc) is 2.66. The quantitative estimate of drug-likeness (QED) is 0.467. The molecule has 1 fully saturated rings. The van der Waals surface area contributed by atoms with Crippen molar-refractivity contribution in [1.82, 2.24) is 14.9 Å². The molecule has 9 nitrogen and oxygen atoms in total. The number of nitrogens with zero attached hydrogens (tertiary/aromatic N) is 1. The molecular formula is C17H24FN3O6S. The van der Waals surface area contributed by atoms with E-state index in [1.807, 2.05) is 0 Å². The molecule has 2 amide bonds. The zero-order chi connectivity index (χ0) is 20.7. The molecule has 1 unspecified atom stereocenters. The molecule has 1 aromatic rings. The van der Waals surface area contributed by atoms with Crippen molar-refractivity contribution in [2.75, 3.05) is 40.0 Å². The smallest absolute Gasteiger partial charge is 0.309 e. The van der Waals surface area contributed by atoms with Crippen molar-refractivity contribution < 1.29 is 31.9 Å².